The van der Waals surface area contributed by atoms with E-state index in [0.717, 1.165) is 5.69 Å². The van der Waals surface area contributed by atoms with Gasteiger partial charge in [0.2, 0.25) is 0 Å². The minimum absolute atomic E-state index is 0.0790. The number of carbonyl (C=O) groups is 2. The molecule has 0 aliphatic rings. The molecule has 0 saturated heterocycles. The number of hydrogen-bond acceptors (Lipinski definition) is 6. The van der Waals surface area contributed by atoms with E-state index in [9.17, 15) is 19.7 Å². The van der Waals surface area contributed by atoms with Crippen molar-refractivity contribution in [3.8, 4) is 5.75 Å². The van der Waals surface area contributed by atoms with Crippen molar-refractivity contribution in [3.63, 3.8) is 0 Å². The highest BCUT2D eigenvalue weighted by Gasteiger charge is 2.24. The number of rotatable bonds is 8. The summed E-state index contributed by atoms with van der Waals surface area (Å²) in [7, 11) is 0. The fraction of sp³-hybridized carbons (Fsp3) is 0.263. The van der Waals surface area contributed by atoms with Gasteiger partial charge in [0, 0.05) is 24.4 Å². The number of benzene rings is 2. The summed E-state index contributed by atoms with van der Waals surface area (Å²) in [6.45, 7) is 3.35. The Labute approximate surface area is 156 Å². The number of para-hydroxylation sites is 1. The molecule has 2 aromatic rings. The second-order valence-electron chi connectivity index (χ2n) is 5.59. The van der Waals surface area contributed by atoms with E-state index in [1.807, 2.05) is 25.1 Å². The van der Waals surface area contributed by atoms with Crippen LogP contribution >= 0.6 is 0 Å². The van der Waals surface area contributed by atoms with E-state index in [4.69, 9.17) is 9.47 Å². The maximum absolute atomic E-state index is 12.5. The van der Waals surface area contributed by atoms with Gasteiger partial charge in [0.1, 0.15) is 5.75 Å². The van der Waals surface area contributed by atoms with Gasteiger partial charge in [-0.3, -0.25) is 14.9 Å². The van der Waals surface area contributed by atoms with E-state index < -0.39 is 23.6 Å². The predicted octanol–water partition coefficient (Wildman–Crippen LogP) is 2.96. The minimum atomic E-state index is -0.974. The number of hydrogen-bond donors (Lipinski definition) is 0. The van der Waals surface area contributed by atoms with E-state index in [1.165, 1.54) is 36.1 Å². The lowest BCUT2D eigenvalue weighted by molar-refractivity contribution is -0.384. The van der Waals surface area contributed by atoms with E-state index in [2.05, 4.69) is 0 Å². The Morgan fingerprint density at radius 3 is 2.30 bits per heavy atom. The molecule has 2 aromatic carbocycles. The Bertz CT molecular complexity index is 792. The number of ether oxygens (including phenoxy) is 2. The second kappa shape index (κ2) is 9.33. The first kappa shape index (κ1) is 19.9. The van der Waals surface area contributed by atoms with Crippen LogP contribution in [0, 0.1) is 10.1 Å². The summed E-state index contributed by atoms with van der Waals surface area (Å²) in [6.07, 6.45) is -0.974. The normalized spacial score (nSPS) is 11.3. The molecule has 0 fully saturated rings. The highest BCUT2D eigenvalue weighted by Crippen LogP contribution is 2.18. The van der Waals surface area contributed by atoms with Crippen molar-refractivity contribution in [3.05, 3.63) is 64.7 Å². The van der Waals surface area contributed by atoms with E-state index >= 15 is 0 Å². The van der Waals surface area contributed by atoms with Gasteiger partial charge in [-0.15, -0.1) is 0 Å². The average Bonchev–Trinajstić information content (AvgIpc) is 2.68. The van der Waals surface area contributed by atoms with Crippen LogP contribution in [0.2, 0.25) is 0 Å². The Hall–Kier alpha value is -3.42. The van der Waals surface area contributed by atoms with Crippen LogP contribution in [0.1, 0.15) is 13.8 Å². The van der Waals surface area contributed by atoms with Crippen LogP contribution in [-0.2, 0) is 14.3 Å². The zero-order valence-electron chi connectivity index (χ0n) is 15.0. The minimum Gasteiger partial charge on any atom is -0.482 e. The Balaban J connectivity index is 1.88. The van der Waals surface area contributed by atoms with Gasteiger partial charge in [0.25, 0.3) is 11.6 Å². The summed E-state index contributed by atoms with van der Waals surface area (Å²) in [5, 5.41) is 10.6. The highest BCUT2D eigenvalue weighted by molar-refractivity contribution is 5.97. The fourth-order valence-electron chi connectivity index (χ4n) is 2.38. The van der Waals surface area contributed by atoms with Crippen molar-refractivity contribution >= 4 is 23.3 Å². The lowest BCUT2D eigenvalue weighted by Gasteiger charge is -2.24. The third-order valence-electron chi connectivity index (χ3n) is 3.71. The zero-order valence-corrected chi connectivity index (χ0v) is 15.0. The van der Waals surface area contributed by atoms with E-state index in [-0.39, 0.29) is 17.3 Å². The van der Waals surface area contributed by atoms with Crippen molar-refractivity contribution in [1.29, 1.82) is 0 Å². The van der Waals surface area contributed by atoms with Crippen LogP contribution in [0.25, 0.3) is 0 Å². The number of nitrogens with zero attached hydrogens (tertiary/aromatic N) is 2. The van der Waals surface area contributed by atoms with Crippen molar-refractivity contribution in [2.45, 2.75) is 20.0 Å². The summed E-state index contributed by atoms with van der Waals surface area (Å²) >= 11 is 0. The molecule has 0 aliphatic heterocycles. The standard InChI is InChI=1S/C19H20N2O6/c1-3-20(15-7-5-4-6-8-15)19(23)14(2)27-18(22)13-26-17-11-9-16(10-12-17)21(24)25/h4-12,14H,3,13H2,1-2H3/t14-/m1/s1. The summed E-state index contributed by atoms with van der Waals surface area (Å²) in [4.78, 5) is 36.1. The summed E-state index contributed by atoms with van der Waals surface area (Å²) in [6, 6.07) is 14.4. The molecule has 0 heterocycles. The number of nitro groups is 1. The number of non-ortho nitro benzene ring substituents is 1. The first-order valence-electron chi connectivity index (χ1n) is 8.35. The van der Waals surface area contributed by atoms with Crippen molar-refractivity contribution < 1.29 is 24.0 Å². The van der Waals surface area contributed by atoms with Gasteiger partial charge in [0.05, 0.1) is 4.92 Å². The molecule has 8 heteroatoms. The number of anilines is 1. The van der Waals surface area contributed by atoms with Crippen LogP contribution < -0.4 is 9.64 Å². The zero-order chi connectivity index (χ0) is 19.8. The molecule has 142 valence electrons. The van der Waals surface area contributed by atoms with E-state index in [0.29, 0.717) is 6.54 Å². The largest absolute Gasteiger partial charge is 0.482 e. The molecule has 0 saturated carbocycles. The average molecular weight is 372 g/mol. The molecule has 0 radical (unpaired) electrons. The molecule has 0 bridgehead atoms. The smallest absolute Gasteiger partial charge is 0.344 e. The van der Waals surface area contributed by atoms with E-state index in [1.54, 1.807) is 12.1 Å². The van der Waals surface area contributed by atoms with Crippen LogP contribution in [0.15, 0.2) is 54.6 Å². The number of likely N-dealkylation sites (N-methyl/N-ethyl adjacent to an activating group) is 1. The lowest BCUT2D eigenvalue weighted by Crippen LogP contribution is -2.40. The van der Waals surface area contributed by atoms with Crippen LogP contribution in [0.5, 0.6) is 5.75 Å². The van der Waals surface area contributed by atoms with Gasteiger partial charge >= 0.3 is 5.97 Å². The van der Waals surface area contributed by atoms with Crippen molar-refractivity contribution in [2.75, 3.05) is 18.1 Å². The summed E-state index contributed by atoms with van der Waals surface area (Å²) < 4.78 is 10.4. The monoisotopic (exact) mass is 372 g/mol. The lowest BCUT2D eigenvalue weighted by atomic mass is 10.2. The molecular formula is C19H20N2O6. The Morgan fingerprint density at radius 2 is 1.74 bits per heavy atom. The van der Waals surface area contributed by atoms with Gasteiger partial charge in [-0.05, 0) is 38.1 Å². The molecule has 0 aliphatic carbocycles. The number of nitro benzene ring substituents is 1. The molecule has 2 rings (SSSR count). The van der Waals surface area contributed by atoms with Crippen LogP contribution in [-0.4, -0.2) is 36.1 Å². The van der Waals surface area contributed by atoms with Gasteiger partial charge in [-0.1, -0.05) is 18.2 Å². The summed E-state index contributed by atoms with van der Waals surface area (Å²) in [5.74, 6) is -0.762. The Morgan fingerprint density at radius 1 is 1.11 bits per heavy atom. The second-order valence-corrected chi connectivity index (χ2v) is 5.59. The maximum Gasteiger partial charge on any atom is 0.344 e. The number of esters is 1. The molecule has 27 heavy (non-hydrogen) atoms. The SMILES string of the molecule is CCN(C(=O)[C@@H](C)OC(=O)COc1ccc([N+](=O)[O-])cc1)c1ccccc1. The predicted molar refractivity (Wildman–Crippen MR) is 98.6 cm³/mol. The van der Waals surface area contributed by atoms with Crippen molar-refractivity contribution in [2.24, 2.45) is 0 Å². The third-order valence-corrected chi connectivity index (χ3v) is 3.71. The molecule has 0 N–H and O–H groups in total. The first-order valence-corrected chi connectivity index (χ1v) is 8.35. The van der Waals surface area contributed by atoms with Gasteiger partial charge < -0.3 is 14.4 Å². The van der Waals surface area contributed by atoms with Crippen molar-refractivity contribution in [1.82, 2.24) is 0 Å². The molecule has 0 spiro atoms. The van der Waals surface area contributed by atoms with Gasteiger partial charge in [-0.2, -0.15) is 0 Å². The molecule has 8 nitrogen and oxygen atoms in total. The highest BCUT2D eigenvalue weighted by atomic mass is 16.6. The fourth-order valence-corrected chi connectivity index (χ4v) is 2.38. The number of amides is 1. The van der Waals surface area contributed by atoms with Gasteiger partial charge in [0.15, 0.2) is 12.7 Å². The first-order chi connectivity index (χ1) is 12.9. The molecule has 0 aromatic heterocycles. The molecule has 1 amide bonds. The third kappa shape index (κ3) is 5.53. The molecule has 0 unspecified atom stereocenters. The maximum atomic E-state index is 12.5. The topological polar surface area (TPSA) is 99.0 Å². The van der Waals surface area contributed by atoms with Crippen LogP contribution in [0.4, 0.5) is 11.4 Å². The number of carbonyl (C=O) groups excluding carboxylic acids is 2. The quantitative estimate of drug-likeness (QED) is 0.401. The summed E-state index contributed by atoms with van der Waals surface area (Å²) in [5.41, 5.74) is 0.639. The molecule has 1 atom stereocenters. The molecular weight excluding hydrogens is 352 g/mol. The van der Waals surface area contributed by atoms with Gasteiger partial charge in [-0.25, -0.2) is 4.79 Å². The Kier molecular flexibility index (Phi) is 6.87. The van der Waals surface area contributed by atoms with Crippen LogP contribution in [0.3, 0.4) is 0 Å².